The third-order valence-electron chi connectivity index (χ3n) is 4.77. The van der Waals surface area contributed by atoms with Crippen molar-refractivity contribution in [3.8, 4) is 10.4 Å². The molecule has 0 radical (unpaired) electrons. The molecule has 2 aromatic rings. The first kappa shape index (κ1) is 17.7. The number of rotatable bonds is 3. The van der Waals surface area contributed by atoms with Crippen molar-refractivity contribution in [1.29, 1.82) is 0 Å². The maximum Gasteiger partial charge on any atom is 0.261 e. The van der Waals surface area contributed by atoms with Crippen LogP contribution < -0.4 is 10.6 Å². The van der Waals surface area contributed by atoms with Crippen molar-refractivity contribution in [1.82, 2.24) is 10.6 Å². The Hall–Kier alpha value is -1.07. The van der Waals surface area contributed by atoms with Crippen LogP contribution in [0, 0.1) is 0 Å². The van der Waals surface area contributed by atoms with Crippen LogP contribution in [-0.4, -0.2) is 24.0 Å². The van der Waals surface area contributed by atoms with E-state index in [9.17, 15) is 4.79 Å². The summed E-state index contributed by atoms with van der Waals surface area (Å²) in [5.74, 6) is 0.0570. The van der Waals surface area contributed by atoms with E-state index in [-0.39, 0.29) is 18.3 Å². The van der Waals surface area contributed by atoms with E-state index in [1.165, 1.54) is 24.2 Å². The second kappa shape index (κ2) is 7.44. The van der Waals surface area contributed by atoms with Gasteiger partial charge in [-0.2, -0.15) is 0 Å². The van der Waals surface area contributed by atoms with E-state index in [1.807, 2.05) is 36.4 Å². The first-order valence-electron chi connectivity index (χ1n) is 8.10. The smallest absolute Gasteiger partial charge is 0.261 e. The van der Waals surface area contributed by atoms with Crippen molar-refractivity contribution in [3.05, 3.63) is 46.3 Å². The number of amides is 1. The van der Waals surface area contributed by atoms with E-state index in [0.717, 1.165) is 33.2 Å². The van der Waals surface area contributed by atoms with Crippen molar-refractivity contribution in [2.75, 3.05) is 0 Å². The van der Waals surface area contributed by atoms with Gasteiger partial charge >= 0.3 is 0 Å². The number of thiophene rings is 1. The molecule has 2 bridgehead atoms. The molecule has 128 valence electrons. The van der Waals surface area contributed by atoms with Crippen molar-refractivity contribution in [3.63, 3.8) is 0 Å². The summed E-state index contributed by atoms with van der Waals surface area (Å²) in [6.45, 7) is 0. The van der Waals surface area contributed by atoms with E-state index in [4.69, 9.17) is 11.6 Å². The zero-order chi connectivity index (χ0) is 15.8. The molecule has 3 heterocycles. The predicted octanol–water partition coefficient (Wildman–Crippen LogP) is 4.50. The highest BCUT2D eigenvalue weighted by molar-refractivity contribution is 7.17. The monoisotopic (exact) mass is 382 g/mol. The van der Waals surface area contributed by atoms with Gasteiger partial charge in [-0.15, -0.1) is 23.7 Å². The van der Waals surface area contributed by atoms with Crippen LogP contribution >= 0.6 is 35.3 Å². The Kier molecular flexibility index (Phi) is 5.50. The number of carbonyl (C=O) groups excluding carboxylic acids is 1. The van der Waals surface area contributed by atoms with E-state index >= 15 is 0 Å². The van der Waals surface area contributed by atoms with Gasteiger partial charge in [0.15, 0.2) is 0 Å². The van der Waals surface area contributed by atoms with E-state index in [1.54, 1.807) is 0 Å². The molecule has 0 saturated carbocycles. The van der Waals surface area contributed by atoms with Gasteiger partial charge in [-0.25, -0.2) is 0 Å². The summed E-state index contributed by atoms with van der Waals surface area (Å²) < 4.78 is 0. The lowest BCUT2D eigenvalue weighted by atomic mass is 10.00. The minimum absolute atomic E-state index is 0. The molecule has 3 nitrogen and oxygen atoms in total. The molecular formula is C18H20Cl2N2OS. The Morgan fingerprint density at radius 1 is 1.08 bits per heavy atom. The van der Waals surface area contributed by atoms with Crippen LogP contribution in [0.2, 0.25) is 5.02 Å². The molecule has 1 aromatic heterocycles. The number of halogens is 2. The molecule has 0 spiro atoms. The Morgan fingerprint density at radius 2 is 1.75 bits per heavy atom. The lowest BCUT2D eigenvalue weighted by molar-refractivity contribution is 0.0928. The topological polar surface area (TPSA) is 41.1 Å². The van der Waals surface area contributed by atoms with Crippen molar-refractivity contribution < 1.29 is 4.79 Å². The fourth-order valence-corrected chi connectivity index (χ4v) is 4.70. The van der Waals surface area contributed by atoms with Crippen LogP contribution in [-0.2, 0) is 0 Å². The molecule has 2 unspecified atom stereocenters. The fourth-order valence-electron chi connectivity index (χ4n) is 3.66. The van der Waals surface area contributed by atoms with Gasteiger partial charge in [0.2, 0.25) is 0 Å². The minimum Gasteiger partial charge on any atom is -0.348 e. The maximum atomic E-state index is 12.5. The Morgan fingerprint density at radius 3 is 2.42 bits per heavy atom. The number of carbonyl (C=O) groups is 1. The molecule has 2 atom stereocenters. The summed E-state index contributed by atoms with van der Waals surface area (Å²) in [5, 5.41) is 7.55. The zero-order valence-electron chi connectivity index (χ0n) is 13.1. The summed E-state index contributed by atoms with van der Waals surface area (Å²) >= 11 is 7.46. The Bertz CT molecular complexity index is 704. The average Bonchev–Trinajstić information content (AvgIpc) is 3.15. The summed E-state index contributed by atoms with van der Waals surface area (Å²) in [7, 11) is 0. The molecule has 2 saturated heterocycles. The molecule has 24 heavy (non-hydrogen) atoms. The van der Waals surface area contributed by atoms with Crippen LogP contribution in [0.1, 0.15) is 35.4 Å². The lowest BCUT2D eigenvalue weighted by Gasteiger charge is -2.29. The number of benzene rings is 1. The van der Waals surface area contributed by atoms with Gasteiger partial charge in [-0.05, 0) is 55.5 Å². The minimum atomic E-state index is 0. The average molecular weight is 383 g/mol. The summed E-state index contributed by atoms with van der Waals surface area (Å²) in [6.07, 6.45) is 4.60. The van der Waals surface area contributed by atoms with Gasteiger partial charge in [-0.3, -0.25) is 4.79 Å². The number of piperidine rings is 1. The summed E-state index contributed by atoms with van der Waals surface area (Å²) in [6, 6.07) is 13.1. The van der Waals surface area contributed by atoms with Gasteiger partial charge in [0.1, 0.15) is 0 Å². The van der Waals surface area contributed by atoms with Gasteiger partial charge in [0.25, 0.3) is 5.91 Å². The zero-order valence-corrected chi connectivity index (χ0v) is 15.5. The third kappa shape index (κ3) is 3.77. The van der Waals surface area contributed by atoms with E-state index < -0.39 is 0 Å². The third-order valence-corrected chi connectivity index (χ3v) is 6.15. The molecule has 6 heteroatoms. The van der Waals surface area contributed by atoms with Gasteiger partial charge in [-0.1, -0.05) is 23.7 Å². The molecule has 2 aliphatic heterocycles. The highest BCUT2D eigenvalue weighted by atomic mass is 35.5. The molecule has 1 amide bonds. The molecule has 4 rings (SSSR count). The van der Waals surface area contributed by atoms with Crippen LogP contribution in [0.25, 0.3) is 10.4 Å². The van der Waals surface area contributed by atoms with Gasteiger partial charge in [0, 0.05) is 28.0 Å². The largest absolute Gasteiger partial charge is 0.348 e. The Balaban J connectivity index is 0.00000169. The SMILES string of the molecule is Cl.O=C(NC1CC2CCC(C1)N2)c1ccc(-c2ccc(Cl)cc2)s1. The molecule has 2 fully saturated rings. The van der Waals surface area contributed by atoms with Crippen LogP contribution in [0.3, 0.4) is 0 Å². The molecule has 0 aliphatic carbocycles. The number of nitrogens with one attached hydrogen (secondary N) is 2. The normalized spacial score (nSPS) is 25.1. The van der Waals surface area contributed by atoms with E-state index in [0.29, 0.717) is 18.1 Å². The van der Waals surface area contributed by atoms with Crippen LogP contribution in [0.5, 0.6) is 0 Å². The van der Waals surface area contributed by atoms with Gasteiger partial charge < -0.3 is 10.6 Å². The highest BCUT2D eigenvalue weighted by Gasteiger charge is 2.34. The predicted molar refractivity (Wildman–Crippen MR) is 102 cm³/mol. The van der Waals surface area contributed by atoms with Crippen molar-refractivity contribution in [2.45, 2.75) is 43.8 Å². The van der Waals surface area contributed by atoms with Crippen molar-refractivity contribution >= 4 is 41.3 Å². The second-order valence-corrected chi connectivity index (χ2v) is 7.97. The number of fused-ring (bicyclic) bond motifs is 2. The second-order valence-electron chi connectivity index (χ2n) is 6.45. The van der Waals surface area contributed by atoms with E-state index in [2.05, 4.69) is 10.6 Å². The lowest BCUT2D eigenvalue weighted by Crippen LogP contribution is -2.47. The summed E-state index contributed by atoms with van der Waals surface area (Å²) in [4.78, 5) is 14.4. The quantitative estimate of drug-likeness (QED) is 0.819. The molecule has 2 aliphatic rings. The first-order valence-corrected chi connectivity index (χ1v) is 9.29. The molecular weight excluding hydrogens is 363 g/mol. The van der Waals surface area contributed by atoms with Crippen molar-refractivity contribution in [2.24, 2.45) is 0 Å². The maximum absolute atomic E-state index is 12.5. The highest BCUT2D eigenvalue weighted by Crippen LogP contribution is 2.30. The number of hydrogen-bond donors (Lipinski definition) is 2. The molecule has 2 N–H and O–H groups in total. The fraction of sp³-hybridized carbons (Fsp3) is 0.389. The van der Waals surface area contributed by atoms with Gasteiger partial charge in [0.05, 0.1) is 4.88 Å². The number of hydrogen-bond acceptors (Lipinski definition) is 3. The molecule has 1 aromatic carbocycles. The van der Waals surface area contributed by atoms with Crippen LogP contribution in [0.4, 0.5) is 0 Å². The summed E-state index contributed by atoms with van der Waals surface area (Å²) in [5.41, 5.74) is 1.10. The first-order chi connectivity index (χ1) is 11.2. The Labute approximate surface area is 157 Å². The van der Waals surface area contributed by atoms with Crippen LogP contribution in [0.15, 0.2) is 36.4 Å². The standard InChI is InChI=1S/C18H19ClN2OS.ClH/c19-12-3-1-11(2-4-12)16-7-8-17(23-16)18(22)21-15-9-13-5-6-14(10-15)20-13;/h1-4,7-8,13-15,20H,5-6,9-10H2,(H,21,22);1H.